The summed E-state index contributed by atoms with van der Waals surface area (Å²) in [6.45, 7) is 1.62. The second-order valence-electron chi connectivity index (χ2n) is 4.61. The number of rotatable bonds is 4. The van der Waals surface area contributed by atoms with Gasteiger partial charge in [-0.15, -0.1) is 11.3 Å². The molecule has 0 aliphatic rings. The third kappa shape index (κ3) is 2.82. The van der Waals surface area contributed by atoms with E-state index in [1.165, 1.54) is 41.6 Å². The molecule has 1 atom stereocenters. The second kappa shape index (κ2) is 6.02. The molecule has 1 aromatic carbocycles. The van der Waals surface area contributed by atoms with Gasteiger partial charge in [-0.2, -0.15) is 0 Å². The molecule has 0 bridgehead atoms. The zero-order valence-corrected chi connectivity index (χ0v) is 13.1. The van der Waals surface area contributed by atoms with Gasteiger partial charge in [0.05, 0.1) is 5.39 Å². The zero-order valence-electron chi connectivity index (χ0n) is 11.5. The van der Waals surface area contributed by atoms with Crippen LogP contribution in [-0.2, 0) is 4.79 Å². The highest BCUT2D eigenvalue weighted by atomic mass is 32.2. The van der Waals surface area contributed by atoms with Crippen LogP contribution in [0.3, 0.4) is 0 Å². The Hall–Kier alpha value is -1.99. The fourth-order valence-electron chi connectivity index (χ4n) is 2.00. The molecule has 0 aliphatic heterocycles. The molecule has 0 saturated carbocycles. The number of benzene rings is 1. The van der Waals surface area contributed by atoms with Crippen LogP contribution in [0.4, 0.5) is 4.39 Å². The number of carboxylic acids is 1. The van der Waals surface area contributed by atoms with E-state index in [4.69, 9.17) is 5.11 Å². The molecule has 112 valence electrons. The number of nitrogens with zero attached hydrogens (tertiary/aromatic N) is 2. The zero-order chi connectivity index (χ0) is 15.7. The molecular formula is C15H11FN2O2S2. The van der Waals surface area contributed by atoms with Crippen molar-refractivity contribution in [1.82, 2.24) is 9.97 Å². The molecule has 7 heteroatoms. The largest absolute Gasteiger partial charge is 0.480 e. The van der Waals surface area contributed by atoms with E-state index < -0.39 is 11.2 Å². The van der Waals surface area contributed by atoms with Crippen LogP contribution >= 0.6 is 23.1 Å². The average Bonchev–Trinajstić information content (AvgIpc) is 2.93. The molecule has 2 heterocycles. The van der Waals surface area contributed by atoms with Gasteiger partial charge in [-0.1, -0.05) is 23.9 Å². The van der Waals surface area contributed by atoms with Gasteiger partial charge in [0.2, 0.25) is 0 Å². The third-order valence-electron chi connectivity index (χ3n) is 3.13. The minimum atomic E-state index is -0.893. The van der Waals surface area contributed by atoms with Crippen molar-refractivity contribution in [2.24, 2.45) is 0 Å². The van der Waals surface area contributed by atoms with Crippen molar-refractivity contribution in [1.29, 1.82) is 0 Å². The number of aromatic nitrogens is 2. The minimum Gasteiger partial charge on any atom is -0.480 e. The van der Waals surface area contributed by atoms with E-state index >= 15 is 0 Å². The highest BCUT2D eigenvalue weighted by Crippen LogP contribution is 2.38. The molecule has 0 spiro atoms. The Balaban J connectivity index is 2.12. The van der Waals surface area contributed by atoms with Crippen LogP contribution in [-0.4, -0.2) is 26.3 Å². The second-order valence-corrected chi connectivity index (χ2v) is 6.80. The lowest BCUT2D eigenvalue weighted by molar-refractivity contribution is -0.136. The van der Waals surface area contributed by atoms with E-state index in [2.05, 4.69) is 9.97 Å². The van der Waals surface area contributed by atoms with Crippen LogP contribution < -0.4 is 0 Å². The summed E-state index contributed by atoms with van der Waals surface area (Å²) in [5.74, 6) is -1.19. The Morgan fingerprint density at radius 2 is 2.05 bits per heavy atom. The van der Waals surface area contributed by atoms with Gasteiger partial charge in [-0.05, 0) is 24.6 Å². The van der Waals surface area contributed by atoms with E-state index in [0.29, 0.717) is 5.03 Å². The maximum atomic E-state index is 13.1. The molecule has 0 radical (unpaired) electrons. The Kier molecular flexibility index (Phi) is 4.08. The molecule has 0 aliphatic carbocycles. The fourth-order valence-corrected chi connectivity index (χ4v) is 3.85. The SMILES string of the molecule is CC(Sc1ncnc2scc(-c3ccc(F)cc3)c12)C(=O)O. The van der Waals surface area contributed by atoms with Crippen LogP contribution in [0.5, 0.6) is 0 Å². The van der Waals surface area contributed by atoms with Gasteiger partial charge in [0, 0.05) is 10.9 Å². The summed E-state index contributed by atoms with van der Waals surface area (Å²) in [5.41, 5.74) is 1.74. The van der Waals surface area contributed by atoms with Crippen molar-refractivity contribution in [2.75, 3.05) is 0 Å². The number of hydrogen-bond donors (Lipinski definition) is 1. The van der Waals surface area contributed by atoms with E-state index in [-0.39, 0.29) is 5.82 Å². The first-order valence-electron chi connectivity index (χ1n) is 6.44. The number of carbonyl (C=O) groups is 1. The summed E-state index contributed by atoms with van der Waals surface area (Å²) in [6.07, 6.45) is 1.43. The lowest BCUT2D eigenvalue weighted by Crippen LogP contribution is -2.11. The first-order chi connectivity index (χ1) is 10.6. The van der Waals surface area contributed by atoms with Crippen LogP contribution in [0.2, 0.25) is 0 Å². The van der Waals surface area contributed by atoms with Gasteiger partial charge in [0.15, 0.2) is 0 Å². The molecule has 1 unspecified atom stereocenters. The highest BCUT2D eigenvalue weighted by Gasteiger charge is 2.19. The fraction of sp³-hybridized carbons (Fsp3) is 0.133. The van der Waals surface area contributed by atoms with Crippen LogP contribution in [0, 0.1) is 5.82 Å². The number of thioether (sulfide) groups is 1. The molecule has 22 heavy (non-hydrogen) atoms. The first kappa shape index (κ1) is 14.9. The monoisotopic (exact) mass is 334 g/mol. The molecule has 3 rings (SSSR count). The lowest BCUT2D eigenvalue weighted by Gasteiger charge is -2.08. The Morgan fingerprint density at radius 1 is 1.32 bits per heavy atom. The number of thiophene rings is 1. The number of fused-ring (bicyclic) bond motifs is 1. The Morgan fingerprint density at radius 3 is 2.73 bits per heavy atom. The van der Waals surface area contributed by atoms with Crippen molar-refractivity contribution < 1.29 is 14.3 Å². The summed E-state index contributed by atoms with van der Waals surface area (Å²) < 4.78 is 13.1. The Labute approximate surface area is 134 Å². The van der Waals surface area contributed by atoms with Gasteiger partial charge in [-0.25, -0.2) is 14.4 Å². The molecule has 0 amide bonds. The number of hydrogen-bond acceptors (Lipinski definition) is 5. The van der Waals surface area contributed by atoms with Crippen LogP contribution in [0.1, 0.15) is 6.92 Å². The van der Waals surface area contributed by atoms with E-state index in [1.807, 2.05) is 5.38 Å². The van der Waals surface area contributed by atoms with Gasteiger partial charge in [0.25, 0.3) is 0 Å². The molecular weight excluding hydrogens is 323 g/mol. The predicted octanol–water partition coefficient (Wildman–Crippen LogP) is 4.06. The first-order valence-corrected chi connectivity index (χ1v) is 8.20. The Bertz CT molecular complexity index is 833. The van der Waals surface area contributed by atoms with Crippen molar-refractivity contribution in [3.63, 3.8) is 0 Å². The van der Waals surface area contributed by atoms with Gasteiger partial charge < -0.3 is 5.11 Å². The number of halogens is 1. The van der Waals surface area contributed by atoms with Crippen LogP contribution in [0.25, 0.3) is 21.3 Å². The van der Waals surface area contributed by atoms with E-state index in [0.717, 1.165) is 21.3 Å². The highest BCUT2D eigenvalue weighted by molar-refractivity contribution is 8.00. The molecule has 4 nitrogen and oxygen atoms in total. The van der Waals surface area contributed by atoms with E-state index in [9.17, 15) is 9.18 Å². The normalized spacial score (nSPS) is 12.5. The summed E-state index contributed by atoms with van der Waals surface area (Å²) >= 11 is 2.64. The molecule has 1 N–H and O–H groups in total. The van der Waals surface area contributed by atoms with Crippen molar-refractivity contribution in [2.45, 2.75) is 17.2 Å². The maximum Gasteiger partial charge on any atom is 0.316 e. The number of aliphatic carboxylic acids is 1. The summed E-state index contributed by atoms with van der Waals surface area (Å²) in [4.78, 5) is 20.3. The van der Waals surface area contributed by atoms with Gasteiger partial charge in [-0.3, -0.25) is 4.79 Å². The summed E-state index contributed by atoms with van der Waals surface area (Å²) in [6, 6.07) is 6.18. The smallest absolute Gasteiger partial charge is 0.316 e. The van der Waals surface area contributed by atoms with E-state index in [1.54, 1.807) is 19.1 Å². The molecule has 0 saturated heterocycles. The molecule has 2 aromatic heterocycles. The maximum absolute atomic E-state index is 13.1. The van der Waals surface area contributed by atoms with Crippen molar-refractivity contribution >= 4 is 39.3 Å². The predicted molar refractivity (Wildman–Crippen MR) is 85.8 cm³/mol. The van der Waals surface area contributed by atoms with Crippen molar-refractivity contribution in [3.05, 3.63) is 41.8 Å². The lowest BCUT2D eigenvalue weighted by atomic mass is 10.1. The van der Waals surface area contributed by atoms with Crippen molar-refractivity contribution in [3.8, 4) is 11.1 Å². The van der Waals surface area contributed by atoms with Crippen LogP contribution in [0.15, 0.2) is 41.0 Å². The molecule has 3 aromatic rings. The topological polar surface area (TPSA) is 63.1 Å². The quantitative estimate of drug-likeness (QED) is 0.576. The average molecular weight is 334 g/mol. The minimum absolute atomic E-state index is 0.298. The standard InChI is InChI=1S/C15H11FN2O2S2/c1-8(15(19)20)22-14-12-11(6-21-13(12)17-7-18-14)9-2-4-10(16)5-3-9/h2-8H,1H3,(H,19,20). The number of carboxylic acid groups (broad SMARTS) is 1. The third-order valence-corrected chi connectivity index (χ3v) is 5.10. The summed E-state index contributed by atoms with van der Waals surface area (Å²) in [5, 5.41) is 11.8. The molecule has 0 fully saturated rings. The van der Waals surface area contributed by atoms with Gasteiger partial charge >= 0.3 is 5.97 Å². The van der Waals surface area contributed by atoms with Gasteiger partial charge in [0.1, 0.15) is 27.3 Å². The summed E-state index contributed by atoms with van der Waals surface area (Å²) in [7, 11) is 0.